The minimum Gasteiger partial charge on any atom is -0.396 e. The third-order valence-electron chi connectivity index (χ3n) is 4.52. The number of imide groups is 1. The van der Waals surface area contributed by atoms with E-state index in [-0.39, 0.29) is 29.6 Å². The number of hydrogen-bond donors (Lipinski definition) is 1. The van der Waals surface area contributed by atoms with E-state index in [9.17, 15) is 18.4 Å². The molecular weight excluding hydrogens is 278 g/mol. The van der Waals surface area contributed by atoms with E-state index in [1.165, 1.54) is 0 Å². The number of carbonyl (C=O) groups excluding carboxylic acids is 2. The third-order valence-corrected chi connectivity index (χ3v) is 4.52. The molecule has 0 bridgehead atoms. The average Bonchev–Trinajstić information content (AvgIpc) is 2.82. The zero-order valence-electron chi connectivity index (χ0n) is 11.5. The highest BCUT2D eigenvalue weighted by atomic mass is 19.1. The van der Waals surface area contributed by atoms with Crippen molar-refractivity contribution in [1.29, 1.82) is 0 Å². The zero-order valence-corrected chi connectivity index (χ0v) is 11.5. The second-order valence-electron chi connectivity index (χ2n) is 6.01. The second-order valence-corrected chi connectivity index (χ2v) is 6.01. The van der Waals surface area contributed by atoms with Crippen LogP contribution in [0.3, 0.4) is 0 Å². The lowest BCUT2D eigenvalue weighted by atomic mass is 9.76. The van der Waals surface area contributed by atoms with Gasteiger partial charge in [0.25, 0.3) is 0 Å². The smallest absolute Gasteiger partial charge is 0.234 e. The van der Waals surface area contributed by atoms with Gasteiger partial charge < -0.3 is 5.73 Å². The highest BCUT2D eigenvalue weighted by Crippen LogP contribution is 2.47. The Labute approximate surface area is 120 Å². The van der Waals surface area contributed by atoms with Gasteiger partial charge in [0.1, 0.15) is 11.6 Å². The van der Waals surface area contributed by atoms with Gasteiger partial charge in [0.2, 0.25) is 11.8 Å². The van der Waals surface area contributed by atoms with E-state index in [1.54, 1.807) is 0 Å². The highest BCUT2D eigenvalue weighted by Gasteiger charge is 2.46. The van der Waals surface area contributed by atoms with Gasteiger partial charge in [-0.3, -0.25) is 9.59 Å². The molecule has 1 aliphatic heterocycles. The number of hydrogen-bond acceptors (Lipinski definition) is 3. The minimum atomic E-state index is -0.953. The van der Waals surface area contributed by atoms with Crippen LogP contribution < -0.4 is 10.6 Å². The number of amides is 2. The lowest BCUT2D eigenvalue weighted by Crippen LogP contribution is -2.47. The second kappa shape index (κ2) is 4.79. The topological polar surface area (TPSA) is 63.4 Å². The van der Waals surface area contributed by atoms with Crippen molar-refractivity contribution < 1.29 is 18.4 Å². The Bertz CT molecular complexity index is 604. The summed E-state index contributed by atoms with van der Waals surface area (Å²) in [6, 6.07) is 1.61. The van der Waals surface area contributed by atoms with Crippen LogP contribution in [0.2, 0.25) is 0 Å². The summed E-state index contributed by atoms with van der Waals surface area (Å²) in [6.45, 7) is 0. The van der Waals surface area contributed by atoms with Crippen LogP contribution in [0.1, 0.15) is 38.5 Å². The summed E-state index contributed by atoms with van der Waals surface area (Å²) >= 11 is 0. The van der Waals surface area contributed by atoms with Crippen molar-refractivity contribution in [2.24, 2.45) is 5.41 Å². The first-order valence-electron chi connectivity index (χ1n) is 7.02. The van der Waals surface area contributed by atoms with Crippen molar-refractivity contribution in [2.45, 2.75) is 38.5 Å². The van der Waals surface area contributed by atoms with Gasteiger partial charge in [-0.25, -0.2) is 13.7 Å². The number of rotatable bonds is 1. The monoisotopic (exact) mass is 294 g/mol. The fraction of sp³-hybridized carbons (Fsp3) is 0.467. The van der Waals surface area contributed by atoms with Gasteiger partial charge in [0, 0.05) is 18.9 Å². The quantitative estimate of drug-likeness (QED) is 0.640. The highest BCUT2D eigenvalue weighted by molar-refractivity contribution is 6.17. The predicted octanol–water partition coefficient (Wildman–Crippen LogP) is 2.76. The predicted molar refractivity (Wildman–Crippen MR) is 73.4 cm³/mol. The first-order chi connectivity index (χ1) is 9.92. The molecule has 1 aromatic rings. The summed E-state index contributed by atoms with van der Waals surface area (Å²) in [6.07, 6.45) is 4.19. The molecule has 1 spiro atoms. The van der Waals surface area contributed by atoms with Crippen LogP contribution in [-0.4, -0.2) is 11.8 Å². The Kier molecular flexibility index (Phi) is 3.19. The molecule has 0 atom stereocenters. The Hall–Kier alpha value is -1.98. The molecule has 2 fully saturated rings. The summed E-state index contributed by atoms with van der Waals surface area (Å²) < 4.78 is 27.1. The van der Waals surface area contributed by atoms with E-state index in [4.69, 9.17) is 5.73 Å². The Morgan fingerprint density at radius 1 is 1.00 bits per heavy atom. The molecule has 6 heteroatoms. The first-order valence-corrected chi connectivity index (χ1v) is 7.02. The molecule has 1 saturated carbocycles. The summed E-state index contributed by atoms with van der Waals surface area (Å²) in [5.74, 6) is -2.72. The molecule has 2 aliphatic rings. The molecule has 0 aromatic heterocycles. The molecule has 1 aliphatic carbocycles. The lowest BCUT2D eigenvalue weighted by molar-refractivity contribution is -0.133. The molecule has 1 saturated heterocycles. The van der Waals surface area contributed by atoms with Crippen molar-refractivity contribution in [1.82, 2.24) is 0 Å². The van der Waals surface area contributed by atoms with Crippen LogP contribution >= 0.6 is 0 Å². The van der Waals surface area contributed by atoms with Gasteiger partial charge >= 0.3 is 0 Å². The number of halogens is 2. The van der Waals surface area contributed by atoms with Gasteiger partial charge in [-0.1, -0.05) is 12.8 Å². The maximum Gasteiger partial charge on any atom is 0.234 e. The molecule has 3 rings (SSSR count). The molecule has 4 nitrogen and oxygen atoms in total. The van der Waals surface area contributed by atoms with Crippen molar-refractivity contribution in [3.63, 3.8) is 0 Å². The van der Waals surface area contributed by atoms with Crippen LogP contribution in [0.25, 0.3) is 0 Å². The summed E-state index contributed by atoms with van der Waals surface area (Å²) in [5.41, 5.74) is 4.62. The normalized spacial score (nSPS) is 21.3. The van der Waals surface area contributed by atoms with Crippen molar-refractivity contribution >= 4 is 23.2 Å². The van der Waals surface area contributed by atoms with Crippen LogP contribution in [0.4, 0.5) is 20.2 Å². The number of piperidine rings is 1. The summed E-state index contributed by atoms with van der Waals surface area (Å²) in [7, 11) is 0. The van der Waals surface area contributed by atoms with Gasteiger partial charge in [-0.2, -0.15) is 0 Å². The fourth-order valence-corrected chi connectivity index (χ4v) is 3.47. The maximum atomic E-state index is 13.9. The number of nitrogen functional groups attached to an aromatic ring is 1. The molecular formula is C15H16F2N2O2. The summed E-state index contributed by atoms with van der Waals surface area (Å²) in [4.78, 5) is 25.5. The van der Waals surface area contributed by atoms with Crippen molar-refractivity contribution in [3.8, 4) is 0 Å². The number of carbonyl (C=O) groups is 2. The van der Waals surface area contributed by atoms with E-state index in [2.05, 4.69) is 0 Å². The Morgan fingerprint density at radius 2 is 1.57 bits per heavy atom. The molecule has 2 N–H and O–H groups in total. The molecule has 21 heavy (non-hydrogen) atoms. The van der Waals surface area contributed by atoms with E-state index >= 15 is 0 Å². The van der Waals surface area contributed by atoms with Gasteiger partial charge in [-0.15, -0.1) is 0 Å². The number of nitrogens with two attached hydrogens (primary N) is 1. The first kappa shape index (κ1) is 14.0. The van der Waals surface area contributed by atoms with Gasteiger partial charge in [0.15, 0.2) is 0 Å². The summed E-state index contributed by atoms with van der Waals surface area (Å²) in [5, 5.41) is 0. The standard InChI is InChI=1S/C15H16F2N2O2/c16-9-5-10(17)12(6-11(9)18)19-13(20)7-15(8-14(19)21)3-1-2-4-15/h5-6H,1-4,7-8,18H2. The van der Waals surface area contributed by atoms with Crippen LogP contribution in [0.5, 0.6) is 0 Å². The van der Waals surface area contributed by atoms with Crippen LogP contribution in [0, 0.1) is 17.0 Å². The Balaban J connectivity index is 1.95. The van der Waals surface area contributed by atoms with Gasteiger partial charge in [-0.05, 0) is 24.3 Å². The molecule has 2 amide bonds. The average molecular weight is 294 g/mol. The largest absolute Gasteiger partial charge is 0.396 e. The molecule has 0 radical (unpaired) electrons. The zero-order chi connectivity index (χ0) is 15.2. The van der Waals surface area contributed by atoms with E-state index < -0.39 is 23.4 Å². The van der Waals surface area contributed by atoms with Crippen molar-refractivity contribution in [3.05, 3.63) is 23.8 Å². The van der Waals surface area contributed by atoms with E-state index in [1.807, 2.05) is 0 Å². The number of benzene rings is 1. The van der Waals surface area contributed by atoms with E-state index in [0.717, 1.165) is 36.6 Å². The van der Waals surface area contributed by atoms with E-state index in [0.29, 0.717) is 6.07 Å². The molecule has 1 heterocycles. The van der Waals surface area contributed by atoms with Crippen LogP contribution in [-0.2, 0) is 9.59 Å². The lowest BCUT2D eigenvalue weighted by Gasteiger charge is -2.37. The SMILES string of the molecule is Nc1cc(N2C(=O)CC3(CCCC3)CC2=O)c(F)cc1F. The fourth-order valence-electron chi connectivity index (χ4n) is 3.47. The molecule has 1 aromatic carbocycles. The molecule has 0 unspecified atom stereocenters. The minimum absolute atomic E-state index is 0.232. The third kappa shape index (κ3) is 2.28. The maximum absolute atomic E-state index is 13.9. The van der Waals surface area contributed by atoms with Gasteiger partial charge in [0.05, 0.1) is 11.4 Å². The number of anilines is 2. The Morgan fingerprint density at radius 3 is 2.14 bits per heavy atom. The van der Waals surface area contributed by atoms with Crippen molar-refractivity contribution in [2.75, 3.05) is 10.6 Å². The molecule has 112 valence electrons. The number of nitrogens with zero attached hydrogens (tertiary/aromatic N) is 1. The van der Waals surface area contributed by atoms with Crippen LogP contribution in [0.15, 0.2) is 12.1 Å².